The van der Waals surface area contributed by atoms with Crippen molar-refractivity contribution < 1.29 is 27.7 Å². The standard InChI is InChI=1S/C19H17NO7S/c21-18(14-3-5-16(6-4-14)20(23)24)11-13-1-7-17(8-2-13)28(25,26)12-15-9-10-27-19(15)22/h1-8,15H,9-12H2/t15-/m1/s1. The molecule has 0 spiro atoms. The fourth-order valence-electron chi connectivity index (χ4n) is 2.92. The zero-order chi connectivity index (χ0) is 20.3. The number of ether oxygens (including phenoxy) is 1. The molecule has 1 aliphatic heterocycles. The summed E-state index contributed by atoms with van der Waals surface area (Å²) in [5.74, 6) is -1.67. The van der Waals surface area contributed by atoms with E-state index in [-0.39, 0.29) is 35.1 Å². The highest BCUT2D eigenvalue weighted by atomic mass is 32.2. The second kappa shape index (κ2) is 7.89. The molecule has 0 bridgehead atoms. The molecule has 0 aliphatic carbocycles. The number of esters is 1. The van der Waals surface area contributed by atoms with Crippen LogP contribution in [-0.2, 0) is 25.8 Å². The Bertz CT molecular complexity index is 1010. The minimum absolute atomic E-state index is 0.0348. The topological polar surface area (TPSA) is 121 Å². The van der Waals surface area contributed by atoms with E-state index in [0.29, 0.717) is 17.5 Å². The lowest BCUT2D eigenvalue weighted by molar-refractivity contribution is -0.384. The summed E-state index contributed by atoms with van der Waals surface area (Å²) in [4.78, 5) is 34.0. The average molecular weight is 403 g/mol. The zero-order valence-corrected chi connectivity index (χ0v) is 15.6. The molecule has 2 aromatic carbocycles. The summed E-state index contributed by atoms with van der Waals surface area (Å²) >= 11 is 0. The number of benzene rings is 2. The van der Waals surface area contributed by atoms with Crippen molar-refractivity contribution in [2.75, 3.05) is 12.4 Å². The van der Waals surface area contributed by atoms with Gasteiger partial charge in [-0.1, -0.05) is 12.1 Å². The highest BCUT2D eigenvalue weighted by molar-refractivity contribution is 7.91. The van der Waals surface area contributed by atoms with Crippen LogP contribution < -0.4 is 0 Å². The van der Waals surface area contributed by atoms with Crippen LogP contribution in [0.4, 0.5) is 5.69 Å². The van der Waals surface area contributed by atoms with Gasteiger partial charge in [-0.05, 0) is 36.2 Å². The SMILES string of the molecule is O=C(Cc1ccc(S(=O)(=O)C[C@H]2CCOC2=O)cc1)c1ccc([N+](=O)[O-])cc1. The summed E-state index contributed by atoms with van der Waals surface area (Å²) in [6, 6.07) is 11.2. The van der Waals surface area contributed by atoms with E-state index in [9.17, 15) is 28.1 Å². The fourth-order valence-corrected chi connectivity index (χ4v) is 4.50. The number of Topliss-reactive ketones (excluding diaryl/α,β-unsaturated/α-hetero) is 1. The lowest BCUT2D eigenvalue weighted by Gasteiger charge is -2.08. The Morgan fingerprint density at radius 1 is 1.11 bits per heavy atom. The number of non-ortho nitro benzene ring substituents is 1. The molecule has 9 heteroatoms. The third-order valence-electron chi connectivity index (χ3n) is 4.51. The Hall–Kier alpha value is -3.07. The van der Waals surface area contributed by atoms with Gasteiger partial charge in [0.1, 0.15) is 0 Å². The third kappa shape index (κ3) is 4.42. The van der Waals surface area contributed by atoms with Crippen LogP contribution in [0.25, 0.3) is 0 Å². The monoisotopic (exact) mass is 403 g/mol. The van der Waals surface area contributed by atoms with Crippen molar-refractivity contribution in [3.05, 3.63) is 69.8 Å². The summed E-state index contributed by atoms with van der Waals surface area (Å²) in [7, 11) is -3.64. The van der Waals surface area contributed by atoms with Gasteiger partial charge >= 0.3 is 5.97 Å². The number of nitro benzene ring substituents is 1. The first-order valence-corrected chi connectivity index (χ1v) is 10.2. The lowest BCUT2D eigenvalue weighted by Crippen LogP contribution is -2.20. The number of nitro groups is 1. The maximum atomic E-state index is 12.4. The Morgan fingerprint density at radius 2 is 1.75 bits per heavy atom. The van der Waals surface area contributed by atoms with Gasteiger partial charge in [0.25, 0.3) is 5.69 Å². The highest BCUT2D eigenvalue weighted by Crippen LogP contribution is 2.22. The quantitative estimate of drug-likeness (QED) is 0.301. The first-order valence-electron chi connectivity index (χ1n) is 8.52. The van der Waals surface area contributed by atoms with Gasteiger partial charge in [-0.2, -0.15) is 0 Å². The molecule has 3 rings (SSSR count). The summed E-state index contributed by atoms with van der Waals surface area (Å²) < 4.78 is 29.7. The predicted molar refractivity (Wildman–Crippen MR) is 98.7 cm³/mol. The van der Waals surface area contributed by atoms with Crippen LogP contribution in [0.5, 0.6) is 0 Å². The van der Waals surface area contributed by atoms with Crippen LogP contribution in [0.15, 0.2) is 53.4 Å². The summed E-state index contributed by atoms with van der Waals surface area (Å²) in [6.45, 7) is 0.239. The highest BCUT2D eigenvalue weighted by Gasteiger charge is 2.32. The zero-order valence-electron chi connectivity index (χ0n) is 14.7. The van der Waals surface area contributed by atoms with Crippen molar-refractivity contribution in [1.82, 2.24) is 0 Å². The molecule has 146 valence electrons. The Kier molecular flexibility index (Phi) is 5.55. The molecular weight excluding hydrogens is 386 g/mol. The molecule has 1 saturated heterocycles. The van der Waals surface area contributed by atoms with Gasteiger partial charge < -0.3 is 4.74 Å². The largest absolute Gasteiger partial charge is 0.465 e. The van der Waals surface area contributed by atoms with Crippen molar-refractivity contribution in [3.63, 3.8) is 0 Å². The molecule has 0 amide bonds. The normalized spacial score (nSPS) is 16.6. The molecule has 0 N–H and O–H groups in total. The Labute approximate surface area is 161 Å². The lowest BCUT2D eigenvalue weighted by atomic mass is 10.0. The predicted octanol–water partition coefficient (Wildman–Crippen LogP) is 2.36. The van der Waals surface area contributed by atoms with Gasteiger partial charge in [-0.3, -0.25) is 19.7 Å². The van der Waals surface area contributed by atoms with Gasteiger partial charge in [0.2, 0.25) is 0 Å². The van der Waals surface area contributed by atoms with Crippen molar-refractivity contribution >= 4 is 27.3 Å². The molecule has 0 radical (unpaired) electrons. The first kappa shape index (κ1) is 19.7. The van der Waals surface area contributed by atoms with Crippen LogP contribution in [0.1, 0.15) is 22.3 Å². The number of hydrogen-bond donors (Lipinski definition) is 0. The third-order valence-corrected chi connectivity index (χ3v) is 6.34. The number of sulfone groups is 1. The summed E-state index contributed by atoms with van der Waals surface area (Å²) in [5, 5.41) is 10.7. The van der Waals surface area contributed by atoms with Crippen LogP contribution in [0.3, 0.4) is 0 Å². The van der Waals surface area contributed by atoms with E-state index in [2.05, 4.69) is 0 Å². The summed E-state index contributed by atoms with van der Waals surface area (Å²) in [5.41, 5.74) is 0.849. The van der Waals surface area contributed by atoms with E-state index in [1.807, 2.05) is 0 Å². The molecule has 1 atom stereocenters. The van der Waals surface area contributed by atoms with E-state index in [1.54, 1.807) is 12.1 Å². The van der Waals surface area contributed by atoms with Gasteiger partial charge in [-0.25, -0.2) is 8.42 Å². The number of ketones is 1. The average Bonchev–Trinajstić information content (AvgIpc) is 3.06. The van der Waals surface area contributed by atoms with E-state index in [1.165, 1.54) is 36.4 Å². The molecule has 28 heavy (non-hydrogen) atoms. The van der Waals surface area contributed by atoms with Crippen LogP contribution in [0.2, 0.25) is 0 Å². The summed E-state index contributed by atoms with van der Waals surface area (Å²) in [6.07, 6.45) is 0.424. The molecule has 1 heterocycles. The van der Waals surface area contributed by atoms with E-state index in [4.69, 9.17) is 4.74 Å². The van der Waals surface area contributed by atoms with Crippen molar-refractivity contribution in [2.24, 2.45) is 5.92 Å². The van der Waals surface area contributed by atoms with E-state index in [0.717, 1.165) is 0 Å². The van der Waals surface area contributed by atoms with Gasteiger partial charge in [0.15, 0.2) is 15.6 Å². The van der Waals surface area contributed by atoms with E-state index >= 15 is 0 Å². The Balaban J connectivity index is 1.67. The van der Waals surface area contributed by atoms with Gasteiger partial charge in [-0.15, -0.1) is 0 Å². The number of rotatable bonds is 7. The number of hydrogen-bond acceptors (Lipinski definition) is 7. The minimum atomic E-state index is -3.64. The first-order chi connectivity index (χ1) is 13.3. The number of carbonyl (C=O) groups excluding carboxylic acids is 2. The van der Waals surface area contributed by atoms with Gasteiger partial charge in [0.05, 0.1) is 28.1 Å². The minimum Gasteiger partial charge on any atom is -0.465 e. The smallest absolute Gasteiger partial charge is 0.310 e. The molecule has 2 aromatic rings. The van der Waals surface area contributed by atoms with Crippen LogP contribution >= 0.6 is 0 Å². The van der Waals surface area contributed by atoms with Crippen LogP contribution in [-0.4, -0.2) is 37.5 Å². The molecular formula is C19H17NO7S. The van der Waals surface area contributed by atoms with Crippen molar-refractivity contribution in [3.8, 4) is 0 Å². The van der Waals surface area contributed by atoms with Crippen molar-refractivity contribution in [1.29, 1.82) is 0 Å². The molecule has 8 nitrogen and oxygen atoms in total. The molecule has 0 aromatic heterocycles. The van der Waals surface area contributed by atoms with E-state index < -0.39 is 26.6 Å². The number of carbonyl (C=O) groups is 2. The van der Waals surface area contributed by atoms with Crippen LogP contribution in [0, 0.1) is 16.0 Å². The molecule has 1 fully saturated rings. The van der Waals surface area contributed by atoms with Gasteiger partial charge in [0, 0.05) is 24.1 Å². The molecule has 1 aliphatic rings. The number of nitrogens with zero attached hydrogens (tertiary/aromatic N) is 1. The second-order valence-corrected chi connectivity index (χ2v) is 8.52. The van der Waals surface area contributed by atoms with Crippen molar-refractivity contribution in [2.45, 2.75) is 17.7 Å². The number of cyclic esters (lactones) is 1. The maximum absolute atomic E-state index is 12.4. The molecule has 0 unspecified atom stereocenters. The fraction of sp³-hybridized carbons (Fsp3) is 0.263. The maximum Gasteiger partial charge on any atom is 0.310 e. The second-order valence-electron chi connectivity index (χ2n) is 6.48. The Morgan fingerprint density at radius 3 is 2.29 bits per heavy atom. The molecule has 0 saturated carbocycles.